The van der Waals surface area contributed by atoms with Crippen molar-refractivity contribution in [2.24, 2.45) is 0 Å². The van der Waals surface area contributed by atoms with Crippen molar-refractivity contribution >= 4 is 38.9 Å². The number of rotatable bonds is 5. The number of hydrogen-bond acceptors (Lipinski definition) is 3. The Morgan fingerprint density at radius 2 is 1.86 bits per heavy atom. The van der Waals surface area contributed by atoms with Gasteiger partial charge < -0.3 is 4.90 Å². The van der Waals surface area contributed by atoms with Crippen LogP contribution in [0.3, 0.4) is 0 Å². The molecule has 22 heavy (non-hydrogen) atoms. The molecule has 1 fully saturated rings. The van der Waals surface area contributed by atoms with Crippen LogP contribution in [0.15, 0.2) is 18.2 Å². The second-order valence-electron chi connectivity index (χ2n) is 5.71. The quantitative estimate of drug-likeness (QED) is 0.806. The molecule has 4 nitrogen and oxygen atoms in total. The van der Waals surface area contributed by atoms with E-state index in [4.69, 9.17) is 23.2 Å². The molecule has 1 saturated carbocycles. The summed E-state index contributed by atoms with van der Waals surface area (Å²) in [6.45, 7) is 0.301. The summed E-state index contributed by atoms with van der Waals surface area (Å²) in [7, 11) is -1.76. The zero-order valence-electron chi connectivity index (χ0n) is 12.4. The first kappa shape index (κ1) is 17.6. The Morgan fingerprint density at radius 1 is 1.23 bits per heavy atom. The molecular formula is C15H19Cl2NO3S. The van der Waals surface area contributed by atoms with Crippen molar-refractivity contribution in [2.45, 2.75) is 37.5 Å². The topological polar surface area (TPSA) is 54.5 Å². The number of carbonyl (C=O) groups is 1. The van der Waals surface area contributed by atoms with Gasteiger partial charge in [0.25, 0.3) is 0 Å². The highest BCUT2D eigenvalue weighted by atomic mass is 35.5. The van der Waals surface area contributed by atoms with E-state index in [0.29, 0.717) is 29.4 Å². The third kappa shape index (κ3) is 4.37. The molecule has 0 aliphatic heterocycles. The Balaban J connectivity index is 1.98. The van der Waals surface area contributed by atoms with E-state index in [1.54, 1.807) is 25.2 Å². The Bertz CT molecular complexity index is 655. The SMILES string of the molecule is CN(Cc1ccc(Cl)c(Cl)c1)C(=O)CS(=O)(=O)C1CCCC1. The standard InChI is InChI=1S/C15H19Cl2NO3S/c1-18(9-11-6-7-13(16)14(17)8-11)15(19)10-22(20,21)12-4-2-3-5-12/h6-8,12H,2-5,9-10H2,1H3. The van der Waals surface area contributed by atoms with E-state index < -0.39 is 21.5 Å². The molecule has 1 aromatic rings. The highest BCUT2D eigenvalue weighted by Gasteiger charge is 2.31. The van der Waals surface area contributed by atoms with E-state index in [0.717, 1.165) is 18.4 Å². The Hall–Kier alpha value is -0.780. The first-order valence-electron chi connectivity index (χ1n) is 7.19. The van der Waals surface area contributed by atoms with Gasteiger partial charge in [-0.3, -0.25) is 4.79 Å². The van der Waals surface area contributed by atoms with E-state index in [9.17, 15) is 13.2 Å². The van der Waals surface area contributed by atoms with Crippen molar-refractivity contribution in [3.63, 3.8) is 0 Å². The summed E-state index contributed by atoms with van der Waals surface area (Å²) in [4.78, 5) is 13.6. The minimum absolute atomic E-state index is 0.301. The van der Waals surface area contributed by atoms with E-state index in [2.05, 4.69) is 0 Å². The second kappa shape index (κ2) is 7.20. The fraction of sp³-hybridized carbons (Fsp3) is 0.533. The summed E-state index contributed by atoms with van der Waals surface area (Å²) < 4.78 is 24.4. The maximum absolute atomic E-state index is 12.2. The number of nitrogens with zero attached hydrogens (tertiary/aromatic N) is 1. The molecule has 0 atom stereocenters. The summed E-state index contributed by atoms with van der Waals surface area (Å²) >= 11 is 11.8. The number of sulfone groups is 1. The van der Waals surface area contributed by atoms with Gasteiger partial charge in [0.15, 0.2) is 9.84 Å². The maximum Gasteiger partial charge on any atom is 0.237 e. The molecule has 0 heterocycles. The van der Waals surface area contributed by atoms with Crippen molar-refractivity contribution in [1.82, 2.24) is 4.90 Å². The van der Waals surface area contributed by atoms with E-state index >= 15 is 0 Å². The van der Waals surface area contributed by atoms with Crippen LogP contribution in [-0.4, -0.2) is 37.3 Å². The van der Waals surface area contributed by atoms with Gasteiger partial charge in [-0.1, -0.05) is 42.1 Å². The molecule has 0 spiro atoms. The van der Waals surface area contributed by atoms with Gasteiger partial charge in [-0.2, -0.15) is 0 Å². The molecule has 0 N–H and O–H groups in total. The highest BCUT2D eigenvalue weighted by Crippen LogP contribution is 2.26. The van der Waals surface area contributed by atoms with Crippen molar-refractivity contribution < 1.29 is 13.2 Å². The van der Waals surface area contributed by atoms with Crippen molar-refractivity contribution in [3.05, 3.63) is 33.8 Å². The lowest BCUT2D eigenvalue weighted by atomic mass is 10.2. The number of benzene rings is 1. The molecule has 0 radical (unpaired) electrons. The summed E-state index contributed by atoms with van der Waals surface area (Å²) in [5.41, 5.74) is 0.809. The molecule has 0 aromatic heterocycles. The summed E-state index contributed by atoms with van der Waals surface area (Å²) in [5.74, 6) is -0.812. The average molecular weight is 364 g/mol. The lowest BCUT2D eigenvalue weighted by Gasteiger charge is -2.19. The maximum atomic E-state index is 12.2. The average Bonchev–Trinajstić information content (AvgIpc) is 2.97. The van der Waals surface area contributed by atoms with Crippen molar-refractivity contribution in [1.29, 1.82) is 0 Å². The van der Waals surface area contributed by atoms with Gasteiger partial charge in [-0.05, 0) is 30.5 Å². The van der Waals surface area contributed by atoms with Gasteiger partial charge in [0.05, 0.1) is 15.3 Å². The predicted octanol–water partition coefficient (Wildman–Crippen LogP) is 3.31. The van der Waals surface area contributed by atoms with Crippen molar-refractivity contribution in [3.8, 4) is 0 Å². The Labute approximate surface area is 141 Å². The lowest BCUT2D eigenvalue weighted by Crippen LogP contribution is -2.35. The van der Waals surface area contributed by atoms with Crippen LogP contribution >= 0.6 is 23.2 Å². The van der Waals surface area contributed by atoms with Gasteiger partial charge in [-0.15, -0.1) is 0 Å². The fourth-order valence-electron chi connectivity index (χ4n) is 2.65. The van der Waals surface area contributed by atoms with Crippen LogP contribution in [0.4, 0.5) is 0 Å². The Morgan fingerprint density at radius 3 is 2.45 bits per heavy atom. The lowest BCUT2D eigenvalue weighted by molar-refractivity contribution is -0.127. The van der Waals surface area contributed by atoms with E-state index in [1.165, 1.54) is 4.90 Å². The molecule has 2 rings (SSSR count). The number of hydrogen-bond donors (Lipinski definition) is 0. The Kier molecular flexibility index (Phi) is 5.75. The number of amides is 1. The minimum atomic E-state index is -3.35. The predicted molar refractivity (Wildman–Crippen MR) is 89.0 cm³/mol. The normalized spacial score (nSPS) is 16.0. The highest BCUT2D eigenvalue weighted by molar-refractivity contribution is 7.92. The fourth-order valence-corrected chi connectivity index (χ4v) is 4.82. The minimum Gasteiger partial charge on any atom is -0.341 e. The van der Waals surface area contributed by atoms with Crippen LogP contribution in [-0.2, 0) is 21.2 Å². The molecule has 7 heteroatoms. The van der Waals surface area contributed by atoms with Crippen LogP contribution in [0.2, 0.25) is 10.0 Å². The second-order valence-corrected chi connectivity index (χ2v) is 8.81. The smallest absolute Gasteiger partial charge is 0.237 e. The third-order valence-corrected chi connectivity index (χ3v) is 6.84. The summed E-state index contributed by atoms with van der Waals surface area (Å²) in [5, 5.41) is 0.511. The molecule has 0 bridgehead atoms. The number of carbonyl (C=O) groups excluding carboxylic acids is 1. The van der Waals surface area contributed by atoms with Gasteiger partial charge in [0.2, 0.25) is 5.91 Å². The number of halogens is 2. The summed E-state index contributed by atoms with van der Waals surface area (Å²) in [6.07, 6.45) is 3.20. The van der Waals surface area contributed by atoms with Crippen molar-refractivity contribution in [2.75, 3.05) is 12.8 Å². The van der Waals surface area contributed by atoms with Gasteiger partial charge >= 0.3 is 0 Å². The largest absolute Gasteiger partial charge is 0.341 e. The zero-order chi connectivity index (χ0) is 16.3. The molecule has 1 aliphatic rings. The molecule has 0 saturated heterocycles. The van der Waals surface area contributed by atoms with E-state index in [-0.39, 0.29) is 5.25 Å². The van der Waals surface area contributed by atoms with Crippen LogP contribution < -0.4 is 0 Å². The first-order chi connectivity index (χ1) is 10.3. The van der Waals surface area contributed by atoms with Crippen LogP contribution in [0.5, 0.6) is 0 Å². The van der Waals surface area contributed by atoms with Crippen LogP contribution in [0.25, 0.3) is 0 Å². The third-order valence-electron chi connectivity index (χ3n) is 3.96. The van der Waals surface area contributed by atoms with E-state index in [1.807, 2.05) is 0 Å². The van der Waals surface area contributed by atoms with Gasteiger partial charge in [0.1, 0.15) is 5.75 Å². The van der Waals surface area contributed by atoms with Gasteiger partial charge in [-0.25, -0.2) is 8.42 Å². The molecule has 1 aliphatic carbocycles. The van der Waals surface area contributed by atoms with Gasteiger partial charge in [0, 0.05) is 13.6 Å². The first-order valence-corrected chi connectivity index (χ1v) is 9.66. The zero-order valence-corrected chi connectivity index (χ0v) is 14.7. The molecular weight excluding hydrogens is 345 g/mol. The monoisotopic (exact) mass is 363 g/mol. The molecule has 1 aromatic carbocycles. The van der Waals surface area contributed by atoms with Crippen LogP contribution in [0.1, 0.15) is 31.2 Å². The molecule has 0 unspecified atom stereocenters. The summed E-state index contributed by atoms with van der Waals surface area (Å²) in [6, 6.07) is 5.11. The van der Waals surface area contributed by atoms with Crippen LogP contribution in [0, 0.1) is 0 Å². The molecule has 1 amide bonds. The molecule has 122 valence electrons.